The number of carbonyl (C=O) groups excluding carboxylic acids is 1. The summed E-state index contributed by atoms with van der Waals surface area (Å²) in [4.78, 5) is 18.3. The monoisotopic (exact) mass is 293 g/mol. The van der Waals surface area contributed by atoms with Gasteiger partial charge in [0.15, 0.2) is 11.6 Å². The van der Waals surface area contributed by atoms with Gasteiger partial charge in [0.25, 0.3) is 5.91 Å². The lowest BCUT2D eigenvalue weighted by Gasteiger charge is -2.21. The number of amides is 1. The van der Waals surface area contributed by atoms with Crippen molar-refractivity contribution in [3.8, 4) is 0 Å². The molecule has 0 aliphatic carbocycles. The van der Waals surface area contributed by atoms with Crippen LogP contribution >= 0.6 is 0 Å². The highest BCUT2D eigenvalue weighted by atomic mass is 19.1. The molecule has 1 amide bonds. The van der Waals surface area contributed by atoms with Gasteiger partial charge in [0.2, 0.25) is 0 Å². The normalized spacial score (nSPS) is 19.2. The van der Waals surface area contributed by atoms with Crippen molar-refractivity contribution in [2.24, 2.45) is 5.92 Å². The third-order valence-electron chi connectivity index (χ3n) is 4.18. The molecule has 0 aromatic carbocycles. The van der Waals surface area contributed by atoms with Crippen LogP contribution in [0.3, 0.4) is 0 Å². The Hall–Kier alpha value is -1.65. The minimum Gasteiger partial charge on any atom is -0.368 e. The van der Waals surface area contributed by atoms with E-state index in [-0.39, 0.29) is 17.3 Å². The first-order chi connectivity index (χ1) is 10.2. The first-order valence-corrected chi connectivity index (χ1v) is 7.85. The molecule has 5 heteroatoms. The highest BCUT2D eigenvalue weighted by Gasteiger charge is 2.24. The molecule has 1 aromatic rings. The zero-order valence-corrected chi connectivity index (χ0v) is 12.9. The highest BCUT2D eigenvalue weighted by Crippen LogP contribution is 2.23. The molecule has 21 heavy (non-hydrogen) atoms. The molecule has 1 aliphatic rings. The molecule has 0 saturated carbocycles. The van der Waals surface area contributed by atoms with Gasteiger partial charge in [-0.2, -0.15) is 0 Å². The molecule has 1 atom stereocenters. The van der Waals surface area contributed by atoms with Crippen LogP contribution in [0, 0.1) is 11.7 Å². The molecule has 1 N–H and O–H groups in total. The van der Waals surface area contributed by atoms with Gasteiger partial charge in [-0.3, -0.25) is 4.79 Å². The van der Waals surface area contributed by atoms with Crippen LogP contribution in [0.2, 0.25) is 0 Å². The maximum atomic E-state index is 14.3. The second-order valence-corrected chi connectivity index (χ2v) is 5.55. The average molecular weight is 293 g/mol. The topological polar surface area (TPSA) is 45.2 Å². The van der Waals surface area contributed by atoms with Gasteiger partial charge in [0.05, 0.1) is 5.56 Å². The second-order valence-electron chi connectivity index (χ2n) is 5.55. The van der Waals surface area contributed by atoms with Crippen molar-refractivity contribution in [2.45, 2.75) is 39.5 Å². The molecule has 1 unspecified atom stereocenters. The van der Waals surface area contributed by atoms with E-state index in [1.54, 1.807) is 4.90 Å². The first-order valence-electron chi connectivity index (χ1n) is 7.85. The molecule has 4 nitrogen and oxygen atoms in total. The molecule has 1 aliphatic heterocycles. The number of rotatable bonds is 4. The van der Waals surface area contributed by atoms with Crippen molar-refractivity contribution in [1.29, 1.82) is 0 Å². The van der Waals surface area contributed by atoms with E-state index in [4.69, 9.17) is 0 Å². The van der Waals surface area contributed by atoms with Crippen LogP contribution in [0.1, 0.15) is 49.9 Å². The average Bonchev–Trinajstić information content (AvgIpc) is 2.74. The van der Waals surface area contributed by atoms with Gasteiger partial charge in [-0.05, 0) is 38.2 Å². The fourth-order valence-corrected chi connectivity index (χ4v) is 2.85. The van der Waals surface area contributed by atoms with E-state index in [1.165, 1.54) is 12.3 Å². The lowest BCUT2D eigenvalue weighted by Crippen LogP contribution is -2.32. The summed E-state index contributed by atoms with van der Waals surface area (Å²) < 4.78 is 14.3. The zero-order valence-electron chi connectivity index (χ0n) is 12.9. The van der Waals surface area contributed by atoms with Crippen LogP contribution in [0.5, 0.6) is 0 Å². The van der Waals surface area contributed by atoms with Crippen molar-refractivity contribution in [3.05, 3.63) is 23.6 Å². The molecule has 2 rings (SSSR count). The number of likely N-dealkylation sites (tertiary alicyclic amines) is 1. The fraction of sp³-hybridized carbons (Fsp3) is 0.625. The maximum absolute atomic E-state index is 14.3. The maximum Gasteiger partial charge on any atom is 0.257 e. The van der Waals surface area contributed by atoms with Crippen LogP contribution in [0.4, 0.5) is 10.2 Å². The largest absolute Gasteiger partial charge is 0.368 e. The predicted molar refractivity (Wildman–Crippen MR) is 81.9 cm³/mol. The van der Waals surface area contributed by atoms with Gasteiger partial charge in [-0.1, -0.05) is 13.3 Å². The minimum absolute atomic E-state index is 0.121. The van der Waals surface area contributed by atoms with Crippen LogP contribution < -0.4 is 5.32 Å². The zero-order chi connectivity index (χ0) is 15.2. The molecule has 1 aromatic heterocycles. The number of hydrogen-bond acceptors (Lipinski definition) is 3. The van der Waals surface area contributed by atoms with Crippen LogP contribution in [-0.2, 0) is 0 Å². The van der Waals surface area contributed by atoms with Gasteiger partial charge in [0, 0.05) is 25.8 Å². The van der Waals surface area contributed by atoms with Crippen molar-refractivity contribution in [2.75, 3.05) is 25.0 Å². The van der Waals surface area contributed by atoms with E-state index >= 15 is 0 Å². The van der Waals surface area contributed by atoms with Gasteiger partial charge in [-0.15, -0.1) is 0 Å². The van der Waals surface area contributed by atoms with Crippen LogP contribution in [0.15, 0.2) is 12.3 Å². The Morgan fingerprint density at radius 2 is 2.24 bits per heavy atom. The van der Waals surface area contributed by atoms with Crippen LogP contribution in [-0.4, -0.2) is 35.4 Å². The Balaban J connectivity index is 2.14. The number of nitrogens with zero attached hydrogens (tertiary/aromatic N) is 2. The number of halogens is 1. The summed E-state index contributed by atoms with van der Waals surface area (Å²) in [6.07, 6.45) is 5.80. The molecule has 0 bridgehead atoms. The Kier molecular flexibility index (Phi) is 5.53. The number of aromatic nitrogens is 1. The van der Waals surface area contributed by atoms with Gasteiger partial charge >= 0.3 is 0 Å². The summed E-state index contributed by atoms with van der Waals surface area (Å²) in [5, 5.41) is 2.85. The van der Waals surface area contributed by atoms with E-state index in [0.717, 1.165) is 32.2 Å². The van der Waals surface area contributed by atoms with Crippen LogP contribution in [0.25, 0.3) is 0 Å². The third-order valence-corrected chi connectivity index (χ3v) is 4.18. The lowest BCUT2D eigenvalue weighted by atomic mass is 9.98. The third kappa shape index (κ3) is 3.71. The van der Waals surface area contributed by atoms with E-state index < -0.39 is 5.82 Å². The summed E-state index contributed by atoms with van der Waals surface area (Å²) in [6, 6.07) is 1.47. The Morgan fingerprint density at radius 3 is 2.95 bits per heavy atom. The number of pyridine rings is 1. The number of anilines is 1. The molecule has 1 fully saturated rings. The number of hydrogen-bond donors (Lipinski definition) is 1. The Morgan fingerprint density at radius 1 is 1.43 bits per heavy atom. The molecule has 0 spiro atoms. The van der Waals surface area contributed by atoms with E-state index in [1.807, 2.05) is 6.92 Å². The van der Waals surface area contributed by atoms with Crippen molar-refractivity contribution >= 4 is 11.7 Å². The molecular formula is C16H24FN3O. The minimum atomic E-state index is -0.541. The Bertz CT molecular complexity index is 492. The summed E-state index contributed by atoms with van der Waals surface area (Å²) in [5.41, 5.74) is 0.121. The summed E-state index contributed by atoms with van der Waals surface area (Å²) in [5.74, 6) is 0.0819. The van der Waals surface area contributed by atoms with Gasteiger partial charge < -0.3 is 10.2 Å². The number of nitrogens with one attached hydrogen (secondary N) is 1. The molecule has 1 saturated heterocycles. The van der Waals surface area contributed by atoms with Crippen molar-refractivity contribution < 1.29 is 9.18 Å². The van der Waals surface area contributed by atoms with Gasteiger partial charge in [0.1, 0.15) is 0 Å². The van der Waals surface area contributed by atoms with Crippen molar-refractivity contribution in [3.63, 3.8) is 0 Å². The number of carbonyl (C=O) groups is 1. The van der Waals surface area contributed by atoms with E-state index in [0.29, 0.717) is 19.0 Å². The summed E-state index contributed by atoms with van der Waals surface area (Å²) >= 11 is 0. The first kappa shape index (κ1) is 15.7. The van der Waals surface area contributed by atoms with E-state index in [9.17, 15) is 9.18 Å². The standard InChI is InChI=1S/C16H24FN3O/c1-3-12-6-5-10-20(11-8-12)16(21)13-7-9-19-15(14(13)17)18-4-2/h7,9,12H,3-6,8,10-11H2,1-2H3,(H,18,19). The highest BCUT2D eigenvalue weighted by molar-refractivity contribution is 5.95. The molecular weight excluding hydrogens is 269 g/mol. The molecule has 0 radical (unpaired) electrons. The SMILES string of the molecule is CCNc1nccc(C(=O)N2CCCC(CC)CC2)c1F. The smallest absolute Gasteiger partial charge is 0.257 e. The molecule has 2 heterocycles. The Labute approximate surface area is 125 Å². The van der Waals surface area contributed by atoms with Gasteiger partial charge in [-0.25, -0.2) is 9.37 Å². The predicted octanol–water partition coefficient (Wildman–Crippen LogP) is 3.30. The van der Waals surface area contributed by atoms with E-state index in [2.05, 4.69) is 17.2 Å². The second kappa shape index (κ2) is 7.38. The summed E-state index contributed by atoms with van der Waals surface area (Å²) in [6.45, 7) is 6.06. The summed E-state index contributed by atoms with van der Waals surface area (Å²) in [7, 11) is 0. The quantitative estimate of drug-likeness (QED) is 0.926. The van der Waals surface area contributed by atoms with Crippen molar-refractivity contribution in [1.82, 2.24) is 9.88 Å². The molecule has 116 valence electrons. The fourth-order valence-electron chi connectivity index (χ4n) is 2.85. The lowest BCUT2D eigenvalue weighted by molar-refractivity contribution is 0.0755.